The van der Waals surface area contributed by atoms with Gasteiger partial charge in [0.1, 0.15) is 17.2 Å². The maximum Gasteiger partial charge on any atom is 0.323 e. The van der Waals surface area contributed by atoms with Crippen LogP contribution in [0.5, 0.6) is 17.2 Å². The fraction of sp³-hybridized carbons (Fsp3) is 0.286. The van der Waals surface area contributed by atoms with Crippen molar-refractivity contribution in [3.05, 3.63) is 78.4 Å². The Bertz CT molecular complexity index is 1150. The molecule has 8 nitrogen and oxygen atoms in total. The largest absolute Gasteiger partial charge is 0.496 e. The normalized spacial score (nSPS) is 10.7. The van der Waals surface area contributed by atoms with Crippen molar-refractivity contribution in [2.24, 2.45) is 0 Å². The summed E-state index contributed by atoms with van der Waals surface area (Å²) in [4.78, 5) is 27.4. The molecule has 36 heavy (non-hydrogen) atoms. The van der Waals surface area contributed by atoms with Gasteiger partial charge in [-0.15, -0.1) is 0 Å². The van der Waals surface area contributed by atoms with Crippen LogP contribution < -0.4 is 25.4 Å². The molecule has 3 amide bonds. The molecule has 3 aromatic carbocycles. The number of benzene rings is 3. The van der Waals surface area contributed by atoms with Gasteiger partial charge in [-0.2, -0.15) is 0 Å². The fourth-order valence-corrected chi connectivity index (χ4v) is 3.40. The zero-order valence-corrected chi connectivity index (χ0v) is 21.2. The fourth-order valence-electron chi connectivity index (χ4n) is 3.40. The van der Waals surface area contributed by atoms with Crippen molar-refractivity contribution >= 4 is 23.3 Å². The molecule has 3 rings (SSSR count). The molecule has 0 aliphatic rings. The second kappa shape index (κ2) is 13.2. The average molecular weight is 491 g/mol. The minimum absolute atomic E-state index is 0.217. The summed E-state index contributed by atoms with van der Waals surface area (Å²) in [6.07, 6.45) is 0.847. The number of ether oxygens (including phenoxy) is 2. The molecule has 3 aromatic rings. The number of hydrogen-bond acceptors (Lipinski definition) is 5. The molecule has 0 bridgehead atoms. The number of amides is 3. The van der Waals surface area contributed by atoms with E-state index in [1.807, 2.05) is 36.4 Å². The molecule has 3 N–H and O–H groups in total. The second-order valence-corrected chi connectivity index (χ2v) is 8.62. The number of carbonyl (C=O) groups is 2. The van der Waals surface area contributed by atoms with Crippen LogP contribution in [0.15, 0.2) is 72.8 Å². The summed E-state index contributed by atoms with van der Waals surface area (Å²) in [7, 11) is 3.55. The van der Waals surface area contributed by atoms with Crippen LogP contribution in [0.2, 0.25) is 0 Å². The van der Waals surface area contributed by atoms with Gasteiger partial charge in [0.2, 0.25) is 0 Å². The van der Waals surface area contributed by atoms with Crippen LogP contribution >= 0.6 is 0 Å². The first kappa shape index (κ1) is 26.6. The van der Waals surface area contributed by atoms with Gasteiger partial charge < -0.3 is 30.3 Å². The Morgan fingerprint density at radius 2 is 1.58 bits per heavy atom. The average Bonchev–Trinajstić information content (AvgIpc) is 2.87. The first-order valence-corrected chi connectivity index (χ1v) is 11.9. The first-order valence-electron chi connectivity index (χ1n) is 11.9. The van der Waals surface area contributed by atoms with Gasteiger partial charge in [-0.05, 0) is 70.3 Å². The standard InChI is InChI=1S/C28H34N4O4/c1-20(2)32(3)17-9-16-29-27(33)25-15-14-22(19-26(25)35-4)31-28(34)30-21-10-8-13-24(18-21)36-23-11-6-5-7-12-23/h5-8,10-15,18-20H,9,16-17H2,1-4H3,(H,29,33)(H2,30,31,34). The van der Waals surface area contributed by atoms with E-state index in [-0.39, 0.29) is 5.91 Å². The zero-order chi connectivity index (χ0) is 25.9. The third-order valence-electron chi connectivity index (χ3n) is 5.63. The van der Waals surface area contributed by atoms with E-state index < -0.39 is 6.03 Å². The van der Waals surface area contributed by atoms with E-state index in [2.05, 4.69) is 41.7 Å². The summed E-state index contributed by atoms with van der Waals surface area (Å²) in [6, 6.07) is 21.5. The van der Waals surface area contributed by atoms with Crippen LogP contribution in [0.4, 0.5) is 16.2 Å². The van der Waals surface area contributed by atoms with E-state index in [1.165, 1.54) is 7.11 Å². The molecular formula is C28H34N4O4. The van der Waals surface area contributed by atoms with Crippen molar-refractivity contribution in [2.45, 2.75) is 26.3 Å². The molecule has 0 radical (unpaired) electrons. The van der Waals surface area contributed by atoms with Gasteiger partial charge in [0, 0.05) is 36.1 Å². The molecule has 0 saturated heterocycles. The van der Waals surface area contributed by atoms with E-state index in [9.17, 15) is 9.59 Å². The Labute approximate surface area is 212 Å². The maximum absolute atomic E-state index is 12.6. The molecule has 0 heterocycles. The number of anilines is 2. The minimum Gasteiger partial charge on any atom is -0.496 e. The molecular weight excluding hydrogens is 456 g/mol. The van der Waals surface area contributed by atoms with Gasteiger partial charge in [0.15, 0.2) is 0 Å². The molecule has 0 aliphatic carbocycles. The number of hydrogen-bond donors (Lipinski definition) is 3. The molecule has 0 atom stereocenters. The number of nitrogens with zero attached hydrogens (tertiary/aromatic N) is 1. The van der Waals surface area contributed by atoms with Crippen molar-refractivity contribution in [3.63, 3.8) is 0 Å². The molecule has 0 saturated carbocycles. The zero-order valence-electron chi connectivity index (χ0n) is 21.2. The first-order chi connectivity index (χ1) is 17.4. The molecule has 190 valence electrons. The van der Waals surface area contributed by atoms with Crippen molar-refractivity contribution in [2.75, 3.05) is 37.9 Å². The van der Waals surface area contributed by atoms with E-state index in [1.54, 1.807) is 36.4 Å². The highest BCUT2D eigenvalue weighted by Gasteiger charge is 2.14. The van der Waals surface area contributed by atoms with Crippen LogP contribution in [-0.4, -0.2) is 50.1 Å². The van der Waals surface area contributed by atoms with Crippen LogP contribution in [0.3, 0.4) is 0 Å². The van der Waals surface area contributed by atoms with E-state index in [0.717, 1.165) is 13.0 Å². The number of methoxy groups -OCH3 is 1. The monoisotopic (exact) mass is 490 g/mol. The molecule has 0 aliphatic heterocycles. The highest BCUT2D eigenvalue weighted by Crippen LogP contribution is 2.25. The van der Waals surface area contributed by atoms with Gasteiger partial charge in [-0.25, -0.2) is 4.79 Å². The van der Waals surface area contributed by atoms with Gasteiger partial charge in [-0.3, -0.25) is 4.79 Å². The summed E-state index contributed by atoms with van der Waals surface area (Å²) >= 11 is 0. The smallest absolute Gasteiger partial charge is 0.323 e. The predicted molar refractivity (Wildman–Crippen MR) is 143 cm³/mol. The van der Waals surface area contributed by atoms with Crippen LogP contribution in [0.1, 0.15) is 30.6 Å². The van der Waals surface area contributed by atoms with Crippen molar-refractivity contribution in [1.29, 1.82) is 0 Å². The highest BCUT2D eigenvalue weighted by atomic mass is 16.5. The third-order valence-corrected chi connectivity index (χ3v) is 5.63. The van der Waals surface area contributed by atoms with Crippen LogP contribution in [0, 0.1) is 0 Å². The maximum atomic E-state index is 12.6. The van der Waals surface area contributed by atoms with Gasteiger partial charge in [-0.1, -0.05) is 24.3 Å². The van der Waals surface area contributed by atoms with Gasteiger partial charge >= 0.3 is 6.03 Å². The van der Waals surface area contributed by atoms with E-state index in [4.69, 9.17) is 9.47 Å². The lowest BCUT2D eigenvalue weighted by Gasteiger charge is -2.20. The quantitative estimate of drug-likeness (QED) is 0.305. The minimum atomic E-state index is -0.430. The van der Waals surface area contributed by atoms with Crippen LogP contribution in [-0.2, 0) is 0 Å². The topological polar surface area (TPSA) is 91.9 Å². The van der Waals surface area contributed by atoms with Crippen molar-refractivity contribution in [3.8, 4) is 17.2 Å². The number of carbonyl (C=O) groups excluding carboxylic acids is 2. The lowest BCUT2D eigenvalue weighted by Crippen LogP contribution is -2.31. The summed E-state index contributed by atoms with van der Waals surface area (Å²) in [5.41, 5.74) is 1.48. The van der Waals surface area contributed by atoms with Crippen molar-refractivity contribution in [1.82, 2.24) is 10.2 Å². The Hall–Kier alpha value is -4.04. The molecule has 0 aromatic heterocycles. The van der Waals surface area contributed by atoms with Crippen LogP contribution in [0.25, 0.3) is 0 Å². The highest BCUT2D eigenvalue weighted by molar-refractivity contribution is 6.01. The lowest BCUT2D eigenvalue weighted by atomic mass is 10.1. The number of urea groups is 1. The lowest BCUT2D eigenvalue weighted by molar-refractivity contribution is 0.0948. The summed E-state index contributed by atoms with van der Waals surface area (Å²) in [6.45, 7) is 5.73. The Kier molecular flexibility index (Phi) is 9.71. The SMILES string of the molecule is COc1cc(NC(=O)Nc2cccc(Oc3ccccc3)c2)ccc1C(=O)NCCCN(C)C(C)C. The molecule has 0 unspecified atom stereocenters. The molecule has 8 heteroatoms. The van der Waals surface area contributed by atoms with E-state index >= 15 is 0 Å². The summed E-state index contributed by atoms with van der Waals surface area (Å²) in [5, 5.41) is 8.48. The number of para-hydroxylation sites is 1. The predicted octanol–water partition coefficient (Wildman–Crippen LogP) is 5.59. The van der Waals surface area contributed by atoms with Crippen molar-refractivity contribution < 1.29 is 19.1 Å². The van der Waals surface area contributed by atoms with Gasteiger partial charge in [0.25, 0.3) is 5.91 Å². The summed E-state index contributed by atoms with van der Waals surface area (Å²) in [5.74, 6) is 1.47. The van der Waals surface area contributed by atoms with Gasteiger partial charge in [0.05, 0.1) is 12.7 Å². The molecule has 0 fully saturated rings. The Morgan fingerprint density at radius 1 is 0.889 bits per heavy atom. The third kappa shape index (κ3) is 8.02. The Morgan fingerprint density at radius 3 is 2.28 bits per heavy atom. The Balaban J connectivity index is 1.55. The number of nitrogens with one attached hydrogen (secondary N) is 3. The van der Waals surface area contributed by atoms with E-state index in [0.29, 0.717) is 46.8 Å². The molecule has 0 spiro atoms. The second-order valence-electron chi connectivity index (χ2n) is 8.62. The number of rotatable bonds is 11. The summed E-state index contributed by atoms with van der Waals surface area (Å²) < 4.78 is 11.2.